The van der Waals surface area contributed by atoms with Crippen LogP contribution in [0.1, 0.15) is 31.8 Å². The Balaban J connectivity index is 1.90. The monoisotopic (exact) mass is 360 g/mol. The average molecular weight is 360 g/mol. The van der Waals surface area contributed by atoms with Gasteiger partial charge in [-0.25, -0.2) is 0 Å². The fourth-order valence-electron chi connectivity index (χ4n) is 2.76. The Morgan fingerprint density at radius 3 is 2.81 bits per heavy atom. The number of amides is 2. The van der Waals surface area contributed by atoms with Gasteiger partial charge in [-0.15, -0.1) is 6.42 Å². The van der Waals surface area contributed by atoms with Gasteiger partial charge in [0.15, 0.2) is 6.29 Å². The first-order chi connectivity index (χ1) is 13.0. The number of benzene rings is 2. The number of aldehydes is 1. The molecule has 0 bridgehead atoms. The maximum atomic E-state index is 12.4. The van der Waals surface area contributed by atoms with Crippen LogP contribution in [0.3, 0.4) is 0 Å². The second kappa shape index (κ2) is 7.58. The van der Waals surface area contributed by atoms with E-state index >= 15 is 0 Å². The van der Waals surface area contributed by atoms with Crippen molar-refractivity contribution < 1.29 is 19.1 Å². The van der Waals surface area contributed by atoms with Crippen molar-refractivity contribution in [1.29, 1.82) is 0 Å². The molecule has 2 aromatic carbocycles. The first kappa shape index (κ1) is 18.0. The van der Waals surface area contributed by atoms with Crippen LogP contribution in [0.2, 0.25) is 0 Å². The second-order valence-corrected chi connectivity index (χ2v) is 5.86. The van der Waals surface area contributed by atoms with Crippen LogP contribution >= 0.6 is 0 Å². The highest BCUT2D eigenvalue weighted by atomic mass is 16.5. The second-order valence-electron chi connectivity index (χ2n) is 5.86. The van der Waals surface area contributed by atoms with Gasteiger partial charge in [-0.05, 0) is 36.8 Å². The molecule has 6 nitrogen and oxygen atoms in total. The van der Waals surface area contributed by atoms with E-state index in [1.807, 2.05) is 6.92 Å². The molecule has 1 aliphatic rings. The number of terminal acetylenes is 1. The molecule has 0 spiro atoms. The molecule has 0 fully saturated rings. The summed E-state index contributed by atoms with van der Waals surface area (Å²) in [6, 6.07) is 10.00. The van der Waals surface area contributed by atoms with Gasteiger partial charge in [0.2, 0.25) is 5.91 Å². The summed E-state index contributed by atoms with van der Waals surface area (Å²) in [6.07, 6.45) is 7.15. The van der Waals surface area contributed by atoms with Crippen molar-refractivity contribution in [2.75, 3.05) is 11.9 Å². The van der Waals surface area contributed by atoms with Gasteiger partial charge in [-0.2, -0.15) is 0 Å². The number of hydrogen-bond acceptors (Lipinski definition) is 4. The molecule has 0 saturated heterocycles. The van der Waals surface area contributed by atoms with E-state index in [-0.39, 0.29) is 12.5 Å². The van der Waals surface area contributed by atoms with Gasteiger partial charge < -0.3 is 15.4 Å². The van der Waals surface area contributed by atoms with Gasteiger partial charge in [-0.3, -0.25) is 14.4 Å². The molecular weight excluding hydrogens is 344 g/mol. The van der Waals surface area contributed by atoms with Crippen molar-refractivity contribution in [3.8, 4) is 18.1 Å². The number of anilines is 1. The average Bonchev–Trinajstić information content (AvgIpc) is 2.94. The van der Waals surface area contributed by atoms with Crippen LogP contribution in [0, 0.1) is 19.3 Å². The molecule has 0 unspecified atom stereocenters. The standard InChI is InChI=1S/C21H16N2O4/c1-3-8-27-19-10-15-16(9-13(19)2)21(26)23-18(15)11-20(25)22-17-7-5-4-6-14(17)12-24/h1,4-7,9-12H,8H2,2H3,(H,22,25)(H,23,26)/b18-11-. The maximum absolute atomic E-state index is 12.4. The topological polar surface area (TPSA) is 84.5 Å². The lowest BCUT2D eigenvalue weighted by Crippen LogP contribution is -2.16. The van der Waals surface area contributed by atoms with Crippen LogP contribution in [-0.4, -0.2) is 24.7 Å². The Morgan fingerprint density at radius 2 is 2.07 bits per heavy atom. The van der Waals surface area contributed by atoms with E-state index in [1.165, 1.54) is 6.08 Å². The third-order valence-corrected chi connectivity index (χ3v) is 4.03. The van der Waals surface area contributed by atoms with E-state index in [0.29, 0.717) is 40.1 Å². The number of aryl methyl sites for hydroxylation is 1. The summed E-state index contributed by atoms with van der Waals surface area (Å²) in [4.78, 5) is 35.6. The lowest BCUT2D eigenvalue weighted by atomic mass is 10.0. The number of carbonyl (C=O) groups excluding carboxylic acids is 3. The molecule has 2 amide bonds. The molecule has 0 aliphatic carbocycles. The third kappa shape index (κ3) is 3.72. The zero-order valence-electron chi connectivity index (χ0n) is 14.5. The Bertz CT molecular complexity index is 1020. The smallest absolute Gasteiger partial charge is 0.256 e. The van der Waals surface area contributed by atoms with Crippen molar-refractivity contribution >= 4 is 29.5 Å². The molecule has 134 valence electrons. The Morgan fingerprint density at radius 1 is 1.30 bits per heavy atom. The van der Waals surface area contributed by atoms with Gasteiger partial charge in [0.25, 0.3) is 5.91 Å². The summed E-state index contributed by atoms with van der Waals surface area (Å²) in [6.45, 7) is 1.91. The molecular formula is C21H16N2O4. The summed E-state index contributed by atoms with van der Waals surface area (Å²) in [7, 11) is 0. The van der Waals surface area contributed by atoms with Gasteiger partial charge in [0, 0.05) is 22.8 Å². The highest BCUT2D eigenvalue weighted by Gasteiger charge is 2.26. The minimum Gasteiger partial charge on any atom is -0.481 e. The van der Waals surface area contributed by atoms with Crippen molar-refractivity contribution in [2.45, 2.75) is 6.92 Å². The molecule has 3 rings (SSSR count). The highest BCUT2D eigenvalue weighted by Crippen LogP contribution is 2.31. The van der Waals surface area contributed by atoms with Crippen LogP contribution < -0.4 is 15.4 Å². The van der Waals surface area contributed by atoms with Crippen LogP contribution in [0.4, 0.5) is 5.69 Å². The number of para-hydroxylation sites is 1. The normalized spacial score (nSPS) is 13.5. The largest absolute Gasteiger partial charge is 0.481 e. The quantitative estimate of drug-likeness (QED) is 0.488. The van der Waals surface area contributed by atoms with E-state index in [9.17, 15) is 14.4 Å². The Labute approximate surface area is 156 Å². The van der Waals surface area contributed by atoms with Gasteiger partial charge in [0.1, 0.15) is 12.4 Å². The predicted octanol–water partition coefficient (Wildman–Crippen LogP) is 2.54. The minimum absolute atomic E-state index is 0.100. The molecule has 0 atom stereocenters. The Kier molecular flexibility index (Phi) is 5.04. The summed E-state index contributed by atoms with van der Waals surface area (Å²) < 4.78 is 5.48. The Hall–Kier alpha value is -3.85. The van der Waals surface area contributed by atoms with Crippen molar-refractivity contribution in [2.24, 2.45) is 0 Å². The number of ether oxygens (including phenoxy) is 1. The number of carbonyl (C=O) groups is 3. The van der Waals surface area contributed by atoms with Crippen molar-refractivity contribution in [3.05, 3.63) is 64.7 Å². The molecule has 27 heavy (non-hydrogen) atoms. The zero-order chi connectivity index (χ0) is 19.4. The lowest BCUT2D eigenvalue weighted by Gasteiger charge is -2.09. The van der Waals surface area contributed by atoms with Crippen LogP contribution in [0.5, 0.6) is 5.75 Å². The van der Waals surface area contributed by atoms with Crippen molar-refractivity contribution in [3.63, 3.8) is 0 Å². The highest BCUT2D eigenvalue weighted by molar-refractivity contribution is 6.14. The molecule has 1 heterocycles. The fraction of sp³-hybridized carbons (Fsp3) is 0.0952. The molecule has 2 aromatic rings. The summed E-state index contributed by atoms with van der Waals surface area (Å²) in [5.41, 5.74) is 2.87. The van der Waals surface area contributed by atoms with E-state index in [4.69, 9.17) is 11.2 Å². The zero-order valence-corrected chi connectivity index (χ0v) is 14.5. The van der Waals surface area contributed by atoms with Gasteiger partial charge in [-0.1, -0.05) is 18.1 Å². The number of hydrogen-bond donors (Lipinski definition) is 2. The molecule has 2 N–H and O–H groups in total. The number of nitrogens with one attached hydrogen (secondary N) is 2. The van der Waals surface area contributed by atoms with Crippen LogP contribution in [-0.2, 0) is 4.79 Å². The fourth-order valence-corrected chi connectivity index (χ4v) is 2.76. The molecule has 1 aliphatic heterocycles. The van der Waals surface area contributed by atoms with Crippen LogP contribution in [0.15, 0.2) is 42.5 Å². The minimum atomic E-state index is -0.473. The molecule has 0 radical (unpaired) electrons. The maximum Gasteiger partial charge on any atom is 0.256 e. The van der Waals surface area contributed by atoms with E-state index in [0.717, 1.165) is 5.56 Å². The molecule has 6 heteroatoms. The van der Waals surface area contributed by atoms with E-state index in [1.54, 1.807) is 36.4 Å². The lowest BCUT2D eigenvalue weighted by molar-refractivity contribution is -0.111. The summed E-state index contributed by atoms with van der Waals surface area (Å²) >= 11 is 0. The molecule has 0 saturated carbocycles. The number of rotatable bonds is 5. The van der Waals surface area contributed by atoms with E-state index in [2.05, 4.69) is 16.6 Å². The van der Waals surface area contributed by atoms with Gasteiger partial charge >= 0.3 is 0 Å². The summed E-state index contributed by atoms with van der Waals surface area (Å²) in [5.74, 6) is 2.16. The first-order valence-corrected chi connectivity index (χ1v) is 8.13. The predicted molar refractivity (Wildman–Crippen MR) is 101 cm³/mol. The molecule has 0 aromatic heterocycles. The van der Waals surface area contributed by atoms with E-state index < -0.39 is 5.91 Å². The third-order valence-electron chi connectivity index (χ3n) is 4.03. The SMILES string of the molecule is C#CCOc1cc2c(cc1C)C(=O)N/C2=C\C(=O)Nc1ccccc1C=O. The van der Waals surface area contributed by atoms with Gasteiger partial charge in [0.05, 0.1) is 11.4 Å². The number of fused-ring (bicyclic) bond motifs is 1. The first-order valence-electron chi connectivity index (χ1n) is 8.13. The van der Waals surface area contributed by atoms with Crippen LogP contribution in [0.25, 0.3) is 5.70 Å². The van der Waals surface area contributed by atoms with Crippen molar-refractivity contribution in [1.82, 2.24) is 5.32 Å². The summed E-state index contributed by atoms with van der Waals surface area (Å²) in [5, 5.41) is 5.31.